The normalized spacial score (nSPS) is 10.1. The third-order valence-electron chi connectivity index (χ3n) is 2.57. The molecule has 0 saturated heterocycles. The van der Waals surface area contributed by atoms with Crippen molar-refractivity contribution in [1.29, 1.82) is 0 Å². The van der Waals surface area contributed by atoms with Gasteiger partial charge in [0.15, 0.2) is 6.61 Å². The van der Waals surface area contributed by atoms with Crippen LogP contribution >= 0.6 is 15.9 Å². The van der Waals surface area contributed by atoms with E-state index in [1.54, 1.807) is 24.3 Å². The van der Waals surface area contributed by atoms with E-state index in [-0.39, 0.29) is 23.6 Å². The zero-order valence-electron chi connectivity index (χ0n) is 10.3. The number of carbonyl (C=O) groups is 1. The SMILES string of the molecule is O=C(COc1ccccc1)c1cc([N+](=O)[O-])ccc1Br. The van der Waals surface area contributed by atoms with Gasteiger partial charge >= 0.3 is 0 Å². The molecule has 0 radical (unpaired) electrons. The van der Waals surface area contributed by atoms with Crippen molar-refractivity contribution in [1.82, 2.24) is 0 Å². The van der Waals surface area contributed by atoms with Crippen molar-refractivity contribution in [2.75, 3.05) is 6.61 Å². The molecule has 102 valence electrons. The fourth-order valence-corrected chi connectivity index (χ4v) is 2.05. The van der Waals surface area contributed by atoms with Crippen LogP contribution in [0.2, 0.25) is 0 Å². The number of hydrogen-bond acceptors (Lipinski definition) is 4. The van der Waals surface area contributed by atoms with Gasteiger partial charge in [0, 0.05) is 22.2 Å². The van der Waals surface area contributed by atoms with Crippen LogP contribution in [0.4, 0.5) is 5.69 Å². The lowest BCUT2D eigenvalue weighted by molar-refractivity contribution is -0.384. The lowest BCUT2D eigenvalue weighted by Gasteiger charge is -2.06. The smallest absolute Gasteiger partial charge is 0.270 e. The van der Waals surface area contributed by atoms with Crippen LogP contribution in [0.25, 0.3) is 0 Å². The second kappa shape index (κ2) is 6.29. The second-order valence-corrected chi connectivity index (χ2v) is 4.80. The number of carbonyl (C=O) groups excluding carboxylic acids is 1. The summed E-state index contributed by atoms with van der Waals surface area (Å²) in [4.78, 5) is 22.2. The number of non-ortho nitro benzene ring substituents is 1. The molecule has 0 fully saturated rings. The Labute approximate surface area is 123 Å². The van der Waals surface area contributed by atoms with Gasteiger partial charge in [-0.05, 0) is 18.2 Å². The van der Waals surface area contributed by atoms with Gasteiger partial charge in [-0.25, -0.2) is 0 Å². The number of Topliss-reactive ketones (excluding diaryl/α,β-unsaturated/α-hetero) is 1. The summed E-state index contributed by atoms with van der Waals surface area (Å²) in [6, 6.07) is 12.9. The van der Waals surface area contributed by atoms with Crippen molar-refractivity contribution in [2.24, 2.45) is 0 Å². The number of ether oxygens (including phenoxy) is 1. The molecule has 0 aliphatic rings. The van der Waals surface area contributed by atoms with Gasteiger partial charge in [0.2, 0.25) is 5.78 Å². The van der Waals surface area contributed by atoms with E-state index in [4.69, 9.17) is 4.74 Å². The minimum atomic E-state index is -0.540. The first-order chi connectivity index (χ1) is 9.58. The number of rotatable bonds is 5. The Hall–Kier alpha value is -2.21. The second-order valence-electron chi connectivity index (χ2n) is 3.95. The molecule has 0 atom stereocenters. The zero-order chi connectivity index (χ0) is 14.5. The van der Waals surface area contributed by atoms with Crippen LogP contribution < -0.4 is 4.74 Å². The minimum absolute atomic E-state index is 0.128. The Kier molecular flexibility index (Phi) is 4.47. The van der Waals surface area contributed by atoms with Gasteiger partial charge in [-0.2, -0.15) is 0 Å². The van der Waals surface area contributed by atoms with E-state index in [1.807, 2.05) is 6.07 Å². The van der Waals surface area contributed by atoms with Gasteiger partial charge < -0.3 is 4.74 Å². The molecule has 0 aliphatic carbocycles. The Bertz CT molecular complexity index is 643. The quantitative estimate of drug-likeness (QED) is 0.475. The van der Waals surface area contributed by atoms with E-state index in [9.17, 15) is 14.9 Å². The number of nitro benzene ring substituents is 1. The van der Waals surface area contributed by atoms with Crippen molar-refractivity contribution in [3.63, 3.8) is 0 Å². The first-order valence-corrected chi connectivity index (χ1v) is 6.52. The van der Waals surface area contributed by atoms with Crippen molar-refractivity contribution in [3.8, 4) is 5.75 Å². The van der Waals surface area contributed by atoms with E-state index >= 15 is 0 Å². The number of nitrogens with zero attached hydrogens (tertiary/aromatic N) is 1. The molecule has 0 spiro atoms. The van der Waals surface area contributed by atoms with Crippen molar-refractivity contribution < 1.29 is 14.5 Å². The van der Waals surface area contributed by atoms with Crippen LogP contribution in [0.1, 0.15) is 10.4 Å². The van der Waals surface area contributed by atoms with E-state index in [2.05, 4.69) is 15.9 Å². The first kappa shape index (κ1) is 14.2. The molecule has 5 nitrogen and oxygen atoms in total. The topological polar surface area (TPSA) is 69.4 Å². The Morgan fingerprint density at radius 3 is 2.55 bits per heavy atom. The molecule has 6 heteroatoms. The lowest BCUT2D eigenvalue weighted by Crippen LogP contribution is -2.12. The summed E-state index contributed by atoms with van der Waals surface area (Å²) >= 11 is 3.21. The summed E-state index contributed by atoms with van der Waals surface area (Å²) in [6.07, 6.45) is 0. The van der Waals surface area contributed by atoms with Crippen LogP contribution in [0.15, 0.2) is 53.0 Å². The van der Waals surface area contributed by atoms with Crippen molar-refractivity contribution >= 4 is 27.4 Å². The molecule has 2 aromatic rings. The molecule has 0 bridgehead atoms. The molecule has 0 saturated carbocycles. The molecule has 0 aromatic heterocycles. The van der Waals surface area contributed by atoms with Gasteiger partial charge in [0.05, 0.1) is 4.92 Å². The maximum Gasteiger partial charge on any atom is 0.270 e. The molecular weight excluding hydrogens is 326 g/mol. The van der Waals surface area contributed by atoms with Crippen LogP contribution in [-0.2, 0) is 0 Å². The maximum absolute atomic E-state index is 12.0. The van der Waals surface area contributed by atoms with Gasteiger partial charge in [0.1, 0.15) is 5.75 Å². The molecule has 2 rings (SSSR count). The monoisotopic (exact) mass is 335 g/mol. The molecule has 0 unspecified atom stereocenters. The highest BCUT2D eigenvalue weighted by Crippen LogP contribution is 2.23. The van der Waals surface area contributed by atoms with Crippen LogP contribution in [0.5, 0.6) is 5.75 Å². The summed E-state index contributed by atoms with van der Waals surface area (Å²) in [5.41, 5.74) is 0.103. The highest BCUT2D eigenvalue weighted by molar-refractivity contribution is 9.10. The Balaban J connectivity index is 2.13. The summed E-state index contributed by atoms with van der Waals surface area (Å²) in [5, 5.41) is 10.7. The van der Waals surface area contributed by atoms with E-state index < -0.39 is 4.92 Å². The summed E-state index contributed by atoms with van der Waals surface area (Å²) < 4.78 is 5.84. The third-order valence-corrected chi connectivity index (χ3v) is 3.27. The number of hydrogen-bond donors (Lipinski definition) is 0. The fraction of sp³-hybridized carbons (Fsp3) is 0.0714. The zero-order valence-corrected chi connectivity index (χ0v) is 11.9. The average Bonchev–Trinajstić information content (AvgIpc) is 2.46. The number of ketones is 1. The molecule has 20 heavy (non-hydrogen) atoms. The predicted octanol–water partition coefficient (Wildman–Crippen LogP) is 3.62. The van der Waals surface area contributed by atoms with Crippen LogP contribution in [0, 0.1) is 10.1 Å². The van der Waals surface area contributed by atoms with E-state index in [1.165, 1.54) is 18.2 Å². The number of benzene rings is 2. The molecular formula is C14H10BrNO4. The largest absolute Gasteiger partial charge is 0.485 e. The van der Waals surface area contributed by atoms with Crippen molar-refractivity contribution in [2.45, 2.75) is 0 Å². The standard InChI is InChI=1S/C14H10BrNO4/c15-13-7-6-10(16(18)19)8-12(13)14(17)9-20-11-4-2-1-3-5-11/h1-8H,9H2. The molecule has 0 N–H and O–H groups in total. The van der Waals surface area contributed by atoms with Gasteiger partial charge in [-0.1, -0.05) is 34.1 Å². The maximum atomic E-state index is 12.0. The molecule has 0 heterocycles. The lowest BCUT2D eigenvalue weighted by atomic mass is 10.1. The average molecular weight is 336 g/mol. The van der Waals surface area contributed by atoms with E-state index in [0.717, 1.165) is 0 Å². The van der Waals surface area contributed by atoms with Gasteiger partial charge in [0.25, 0.3) is 5.69 Å². The fourth-order valence-electron chi connectivity index (χ4n) is 1.58. The van der Waals surface area contributed by atoms with Gasteiger partial charge in [-0.15, -0.1) is 0 Å². The van der Waals surface area contributed by atoms with Crippen LogP contribution in [-0.4, -0.2) is 17.3 Å². The highest BCUT2D eigenvalue weighted by Gasteiger charge is 2.16. The third kappa shape index (κ3) is 3.42. The summed E-state index contributed by atoms with van der Waals surface area (Å²) in [6.45, 7) is -0.177. The van der Waals surface area contributed by atoms with Crippen molar-refractivity contribution in [3.05, 3.63) is 68.7 Å². The number of nitro groups is 1. The van der Waals surface area contributed by atoms with Crippen LogP contribution in [0.3, 0.4) is 0 Å². The Morgan fingerprint density at radius 1 is 1.20 bits per heavy atom. The number of halogens is 1. The van der Waals surface area contributed by atoms with Gasteiger partial charge in [-0.3, -0.25) is 14.9 Å². The summed E-state index contributed by atoms with van der Waals surface area (Å²) in [5.74, 6) is 0.242. The molecule has 2 aromatic carbocycles. The van der Waals surface area contributed by atoms with E-state index in [0.29, 0.717) is 10.2 Å². The number of para-hydroxylation sites is 1. The Morgan fingerprint density at radius 2 is 1.90 bits per heavy atom. The molecule has 0 aliphatic heterocycles. The minimum Gasteiger partial charge on any atom is -0.485 e. The summed E-state index contributed by atoms with van der Waals surface area (Å²) in [7, 11) is 0. The highest BCUT2D eigenvalue weighted by atomic mass is 79.9. The molecule has 0 amide bonds. The first-order valence-electron chi connectivity index (χ1n) is 5.73. The predicted molar refractivity (Wildman–Crippen MR) is 77.1 cm³/mol.